The van der Waals surface area contributed by atoms with Crippen LogP contribution in [0.2, 0.25) is 5.02 Å². The normalized spacial score (nSPS) is 24.7. The third-order valence-corrected chi connectivity index (χ3v) is 3.89. The Kier molecular flexibility index (Phi) is 4.44. The largest absolute Gasteiger partial charge is 0.417 e. The van der Waals surface area contributed by atoms with Gasteiger partial charge in [-0.25, -0.2) is 4.98 Å². The van der Waals surface area contributed by atoms with Crippen molar-refractivity contribution in [1.82, 2.24) is 9.88 Å². The molecule has 0 aliphatic carbocycles. The number of pyridine rings is 1. The smallest absolute Gasteiger partial charge is 0.366 e. The van der Waals surface area contributed by atoms with Gasteiger partial charge in [0.05, 0.1) is 10.6 Å². The zero-order valence-corrected chi connectivity index (χ0v) is 12.1. The molecule has 0 radical (unpaired) electrons. The van der Waals surface area contributed by atoms with Crippen molar-refractivity contribution < 1.29 is 13.2 Å². The van der Waals surface area contributed by atoms with E-state index in [-0.39, 0.29) is 11.1 Å². The molecular weight excluding hydrogens is 291 g/mol. The molecule has 0 aromatic carbocycles. The van der Waals surface area contributed by atoms with Crippen LogP contribution in [0.15, 0.2) is 12.3 Å². The van der Waals surface area contributed by atoms with Gasteiger partial charge in [-0.1, -0.05) is 18.5 Å². The summed E-state index contributed by atoms with van der Waals surface area (Å²) in [4.78, 5) is 6.04. The van der Waals surface area contributed by atoms with E-state index < -0.39 is 11.7 Å². The monoisotopic (exact) mass is 307 g/mol. The first kappa shape index (κ1) is 15.4. The molecule has 3 nitrogen and oxygen atoms in total. The van der Waals surface area contributed by atoms with Crippen LogP contribution in [-0.4, -0.2) is 36.1 Å². The van der Waals surface area contributed by atoms with Gasteiger partial charge in [-0.3, -0.25) is 0 Å². The Morgan fingerprint density at radius 1 is 1.45 bits per heavy atom. The van der Waals surface area contributed by atoms with Crippen LogP contribution in [0.4, 0.5) is 19.0 Å². The van der Waals surface area contributed by atoms with Crippen LogP contribution in [0.3, 0.4) is 0 Å². The van der Waals surface area contributed by atoms with Gasteiger partial charge in [0.25, 0.3) is 0 Å². The minimum Gasteiger partial charge on any atom is -0.366 e. The zero-order chi connectivity index (χ0) is 14.9. The van der Waals surface area contributed by atoms with E-state index in [0.717, 1.165) is 31.8 Å². The number of rotatable bonds is 2. The van der Waals surface area contributed by atoms with E-state index in [1.807, 2.05) is 0 Å². The number of aromatic nitrogens is 1. The predicted octanol–water partition coefficient (Wildman–Crippen LogP) is 3.51. The second-order valence-electron chi connectivity index (χ2n) is 5.33. The first-order chi connectivity index (χ1) is 9.27. The molecule has 0 spiro atoms. The van der Waals surface area contributed by atoms with Crippen molar-refractivity contribution in [3.05, 3.63) is 22.8 Å². The lowest BCUT2D eigenvalue weighted by Crippen LogP contribution is -2.43. The number of hydrogen-bond acceptors (Lipinski definition) is 3. The lowest BCUT2D eigenvalue weighted by atomic mass is 9.94. The molecular formula is C13H17ClF3N3. The summed E-state index contributed by atoms with van der Waals surface area (Å²) in [5, 5.41) is 3.17. The second kappa shape index (κ2) is 5.77. The molecule has 0 amide bonds. The Labute approximate surface area is 121 Å². The molecule has 0 saturated carbocycles. The summed E-state index contributed by atoms with van der Waals surface area (Å²) in [5.41, 5.74) is -0.829. The van der Waals surface area contributed by atoms with Gasteiger partial charge in [0.15, 0.2) is 0 Å². The van der Waals surface area contributed by atoms with Gasteiger partial charge >= 0.3 is 6.18 Å². The third kappa shape index (κ3) is 3.55. The van der Waals surface area contributed by atoms with Crippen molar-refractivity contribution in [1.29, 1.82) is 0 Å². The Morgan fingerprint density at radius 2 is 2.15 bits per heavy atom. The molecule has 1 aromatic heterocycles. The molecule has 0 bridgehead atoms. The highest BCUT2D eigenvalue weighted by Crippen LogP contribution is 2.33. The average Bonchev–Trinajstić information content (AvgIpc) is 2.33. The number of alkyl halides is 3. The number of halogens is 4. The fraction of sp³-hybridized carbons (Fsp3) is 0.615. The highest BCUT2D eigenvalue weighted by molar-refractivity contribution is 6.33. The summed E-state index contributed by atoms with van der Waals surface area (Å²) in [7, 11) is 2.05. The van der Waals surface area contributed by atoms with E-state index in [4.69, 9.17) is 11.6 Å². The maximum atomic E-state index is 12.5. The topological polar surface area (TPSA) is 28.2 Å². The van der Waals surface area contributed by atoms with Crippen LogP contribution in [0.25, 0.3) is 0 Å². The van der Waals surface area contributed by atoms with E-state index in [2.05, 4.69) is 29.2 Å². The molecule has 1 aliphatic heterocycles. The number of nitrogens with one attached hydrogen (secondary N) is 1. The van der Waals surface area contributed by atoms with E-state index in [0.29, 0.717) is 11.7 Å². The van der Waals surface area contributed by atoms with Crippen LogP contribution in [-0.2, 0) is 6.18 Å². The number of hydrogen-bond donors (Lipinski definition) is 1. The third-order valence-electron chi connectivity index (χ3n) is 3.60. The van der Waals surface area contributed by atoms with Crippen molar-refractivity contribution >= 4 is 17.4 Å². The Morgan fingerprint density at radius 3 is 2.70 bits per heavy atom. The summed E-state index contributed by atoms with van der Waals surface area (Å²) in [6, 6.07) is 1.09. The first-order valence-electron chi connectivity index (χ1n) is 6.45. The standard InChI is InChI=1S/C13H17ClF3N3/c1-8-7-20(2)4-3-11(8)19-12-10(14)5-9(6-18-12)13(15,16)17/h5-6,8,11H,3-4,7H2,1-2H3,(H,18,19). The van der Waals surface area contributed by atoms with Crippen molar-refractivity contribution in [3.8, 4) is 0 Å². The van der Waals surface area contributed by atoms with Crippen molar-refractivity contribution in [2.24, 2.45) is 5.92 Å². The second-order valence-corrected chi connectivity index (χ2v) is 5.74. The number of piperidine rings is 1. The van der Waals surface area contributed by atoms with Gasteiger partial charge < -0.3 is 10.2 Å². The Hall–Kier alpha value is -1.01. The lowest BCUT2D eigenvalue weighted by molar-refractivity contribution is -0.137. The van der Waals surface area contributed by atoms with Gasteiger partial charge in [-0.05, 0) is 32.0 Å². The van der Waals surface area contributed by atoms with Gasteiger partial charge in [0.2, 0.25) is 0 Å². The van der Waals surface area contributed by atoms with E-state index in [9.17, 15) is 13.2 Å². The lowest BCUT2D eigenvalue weighted by Gasteiger charge is -2.35. The average molecular weight is 308 g/mol. The van der Waals surface area contributed by atoms with Crippen LogP contribution in [0.5, 0.6) is 0 Å². The van der Waals surface area contributed by atoms with Crippen molar-refractivity contribution in [2.45, 2.75) is 25.6 Å². The number of anilines is 1. The van der Waals surface area contributed by atoms with Crippen LogP contribution in [0, 0.1) is 5.92 Å². The molecule has 2 atom stereocenters. The molecule has 1 aliphatic rings. The molecule has 1 fully saturated rings. The molecule has 1 N–H and O–H groups in total. The zero-order valence-electron chi connectivity index (χ0n) is 11.3. The predicted molar refractivity (Wildman–Crippen MR) is 72.9 cm³/mol. The van der Waals surface area contributed by atoms with Gasteiger partial charge in [0.1, 0.15) is 5.82 Å². The van der Waals surface area contributed by atoms with Crippen LogP contribution < -0.4 is 5.32 Å². The van der Waals surface area contributed by atoms with E-state index in [1.54, 1.807) is 0 Å². The van der Waals surface area contributed by atoms with Crippen LogP contribution in [0.1, 0.15) is 18.9 Å². The number of likely N-dealkylation sites (tertiary alicyclic amines) is 1. The van der Waals surface area contributed by atoms with E-state index >= 15 is 0 Å². The van der Waals surface area contributed by atoms with E-state index in [1.165, 1.54) is 0 Å². The molecule has 112 valence electrons. The molecule has 7 heteroatoms. The summed E-state index contributed by atoms with van der Waals surface area (Å²) in [5.74, 6) is 0.704. The highest BCUT2D eigenvalue weighted by Gasteiger charge is 2.32. The minimum atomic E-state index is -4.42. The first-order valence-corrected chi connectivity index (χ1v) is 6.83. The fourth-order valence-corrected chi connectivity index (χ4v) is 2.66. The van der Waals surface area contributed by atoms with Gasteiger partial charge in [-0.2, -0.15) is 13.2 Å². The summed E-state index contributed by atoms with van der Waals surface area (Å²) in [6.45, 7) is 3.99. The molecule has 2 heterocycles. The summed E-state index contributed by atoms with van der Waals surface area (Å²) in [6.07, 6.45) is -2.69. The van der Waals surface area contributed by atoms with Gasteiger partial charge in [0, 0.05) is 18.8 Å². The molecule has 2 rings (SSSR count). The minimum absolute atomic E-state index is 0.00551. The quantitative estimate of drug-likeness (QED) is 0.906. The van der Waals surface area contributed by atoms with Crippen molar-refractivity contribution in [2.75, 3.05) is 25.5 Å². The van der Waals surface area contributed by atoms with Crippen molar-refractivity contribution in [3.63, 3.8) is 0 Å². The summed E-state index contributed by atoms with van der Waals surface area (Å²) < 4.78 is 37.6. The Balaban J connectivity index is 2.10. The SMILES string of the molecule is CC1CN(C)CCC1Nc1ncc(C(F)(F)F)cc1Cl. The summed E-state index contributed by atoms with van der Waals surface area (Å²) >= 11 is 5.90. The maximum absolute atomic E-state index is 12.5. The fourth-order valence-electron chi connectivity index (χ4n) is 2.44. The molecule has 2 unspecified atom stereocenters. The molecule has 1 saturated heterocycles. The van der Waals surface area contributed by atoms with Gasteiger partial charge in [-0.15, -0.1) is 0 Å². The maximum Gasteiger partial charge on any atom is 0.417 e. The highest BCUT2D eigenvalue weighted by atomic mass is 35.5. The van der Waals surface area contributed by atoms with Crippen LogP contribution >= 0.6 is 11.6 Å². The molecule has 1 aromatic rings. The molecule has 20 heavy (non-hydrogen) atoms. The number of nitrogens with zero attached hydrogens (tertiary/aromatic N) is 2. The Bertz CT molecular complexity index is 478.